The van der Waals surface area contributed by atoms with E-state index in [1.54, 1.807) is 0 Å². The highest BCUT2D eigenvalue weighted by Crippen LogP contribution is 2.23. The Hall–Kier alpha value is -0.960. The molecule has 1 heterocycles. The van der Waals surface area contributed by atoms with E-state index in [0.29, 0.717) is 10.0 Å². The van der Waals surface area contributed by atoms with Crippen molar-refractivity contribution in [2.75, 3.05) is 0 Å². The van der Waals surface area contributed by atoms with Crippen molar-refractivity contribution in [2.45, 2.75) is 26.4 Å². The Kier molecular flexibility index (Phi) is 4.33. The standard InChI is InChI=1S/C14H15Cl2NO/c1-9-3-6-14(18-9)10(2)17-8-11-4-5-12(15)13(16)7-11/h3-7,10,17H,8H2,1-2H3. The molecule has 0 fully saturated rings. The Morgan fingerprint density at radius 3 is 2.56 bits per heavy atom. The molecule has 2 nitrogen and oxygen atoms in total. The second-order valence-corrected chi connectivity index (χ2v) is 5.11. The molecule has 0 bridgehead atoms. The molecule has 1 unspecified atom stereocenters. The predicted octanol–water partition coefficient (Wildman–Crippen LogP) is 4.75. The average Bonchev–Trinajstić information content (AvgIpc) is 2.77. The summed E-state index contributed by atoms with van der Waals surface area (Å²) in [4.78, 5) is 0. The normalized spacial score (nSPS) is 12.7. The highest BCUT2D eigenvalue weighted by atomic mass is 35.5. The van der Waals surface area contributed by atoms with Crippen molar-refractivity contribution in [1.82, 2.24) is 5.32 Å². The van der Waals surface area contributed by atoms with Crippen LogP contribution >= 0.6 is 23.2 Å². The van der Waals surface area contributed by atoms with E-state index in [2.05, 4.69) is 12.2 Å². The summed E-state index contributed by atoms with van der Waals surface area (Å²) in [5.41, 5.74) is 1.10. The molecule has 1 aromatic heterocycles. The zero-order valence-corrected chi connectivity index (χ0v) is 11.8. The van der Waals surface area contributed by atoms with E-state index in [4.69, 9.17) is 27.6 Å². The summed E-state index contributed by atoms with van der Waals surface area (Å²) in [6, 6.07) is 9.75. The van der Waals surface area contributed by atoms with Gasteiger partial charge in [0.25, 0.3) is 0 Å². The van der Waals surface area contributed by atoms with Crippen LogP contribution in [0.25, 0.3) is 0 Å². The SMILES string of the molecule is Cc1ccc(C(C)NCc2ccc(Cl)c(Cl)c2)o1. The third kappa shape index (κ3) is 3.29. The summed E-state index contributed by atoms with van der Waals surface area (Å²) >= 11 is 11.8. The van der Waals surface area contributed by atoms with Gasteiger partial charge in [0.1, 0.15) is 11.5 Å². The number of aryl methyl sites for hydroxylation is 1. The monoisotopic (exact) mass is 283 g/mol. The maximum absolute atomic E-state index is 5.97. The fourth-order valence-corrected chi connectivity index (χ4v) is 2.03. The van der Waals surface area contributed by atoms with Crippen LogP contribution in [-0.2, 0) is 6.54 Å². The van der Waals surface area contributed by atoms with Crippen LogP contribution in [-0.4, -0.2) is 0 Å². The van der Waals surface area contributed by atoms with Crippen molar-refractivity contribution in [2.24, 2.45) is 0 Å². The lowest BCUT2D eigenvalue weighted by Gasteiger charge is -2.11. The fourth-order valence-electron chi connectivity index (χ4n) is 1.71. The molecule has 1 atom stereocenters. The number of hydrogen-bond donors (Lipinski definition) is 1. The third-order valence-electron chi connectivity index (χ3n) is 2.78. The molecule has 0 saturated carbocycles. The van der Waals surface area contributed by atoms with Gasteiger partial charge in [0.05, 0.1) is 16.1 Å². The van der Waals surface area contributed by atoms with Crippen LogP contribution in [0.1, 0.15) is 30.0 Å². The highest BCUT2D eigenvalue weighted by molar-refractivity contribution is 6.42. The van der Waals surface area contributed by atoms with Gasteiger partial charge in [0, 0.05) is 6.54 Å². The molecule has 96 valence electrons. The van der Waals surface area contributed by atoms with Gasteiger partial charge in [-0.3, -0.25) is 0 Å². The summed E-state index contributed by atoms with van der Waals surface area (Å²) in [6.07, 6.45) is 0. The van der Waals surface area contributed by atoms with E-state index < -0.39 is 0 Å². The molecule has 0 aliphatic carbocycles. The van der Waals surface area contributed by atoms with E-state index in [9.17, 15) is 0 Å². The largest absolute Gasteiger partial charge is 0.465 e. The van der Waals surface area contributed by atoms with Gasteiger partial charge in [-0.2, -0.15) is 0 Å². The van der Waals surface area contributed by atoms with E-state index in [-0.39, 0.29) is 6.04 Å². The Morgan fingerprint density at radius 1 is 1.17 bits per heavy atom. The van der Waals surface area contributed by atoms with Crippen molar-refractivity contribution in [3.63, 3.8) is 0 Å². The van der Waals surface area contributed by atoms with Crippen LogP contribution in [0.2, 0.25) is 10.0 Å². The number of halogens is 2. The molecule has 0 spiro atoms. The van der Waals surface area contributed by atoms with E-state index >= 15 is 0 Å². The summed E-state index contributed by atoms with van der Waals surface area (Å²) in [5.74, 6) is 1.86. The number of benzene rings is 1. The lowest BCUT2D eigenvalue weighted by atomic mass is 10.2. The first-order chi connectivity index (χ1) is 8.56. The minimum atomic E-state index is 0.160. The molecule has 4 heteroatoms. The molecule has 0 aliphatic heterocycles. The minimum Gasteiger partial charge on any atom is -0.465 e. The first-order valence-corrected chi connectivity index (χ1v) is 6.55. The van der Waals surface area contributed by atoms with Crippen LogP contribution in [0, 0.1) is 6.92 Å². The smallest absolute Gasteiger partial charge is 0.120 e. The van der Waals surface area contributed by atoms with Crippen molar-refractivity contribution < 1.29 is 4.42 Å². The molecule has 1 N–H and O–H groups in total. The zero-order chi connectivity index (χ0) is 13.1. The van der Waals surface area contributed by atoms with Gasteiger partial charge < -0.3 is 9.73 Å². The van der Waals surface area contributed by atoms with E-state index in [1.165, 1.54) is 0 Å². The molecule has 0 amide bonds. The second-order valence-electron chi connectivity index (χ2n) is 4.30. The summed E-state index contributed by atoms with van der Waals surface area (Å²) < 4.78 is 5.57. The number of rotatable bonds is 4. The number of hydrogen-bond acceptors (Lipinski definition) is 2. The molecule has 1 aromatic carbocycles. The Balaban J connectivity index is 1.97. The summed E-state index contributed by atoms with van der Waals surface area (Å²) in [6.45, 7) is 4.72. The van der Waals surface area contributed by atoms with Gasteiger partial charge in [0.15, 0.2) is 0 Å². The third-order valence-corrected chi connectivity index (χ3v) is 3.52. The van der Waals surface area contributed by atoms with Gasteiger partial charge >= 0.3 is 0 Å². The Bertz CT molecular complexity index is 536. The van der Waals surface area contributed by atoms with Crippen LogP contribution in [0.4, 0.5) is 0 Å². The van der Waals surface area contributed by atoms with E-state index in [0.717, 1.165) is 23.6 Å². The van der Waals surface area contributed by atoms with Crippen molar-refractivity contribution in [3.05, 3.63) is 57.5 Å². The molecule has 0 saturated heterocycles. The van der Waals surface area contributed by atoms with Crippen LogP contribution < -0.4 is 5.32 Å². The molecule has 2 rings (SSSR count). The molecular formula is C14H15Cl2NO. The van der Waals surface area contributed by atoms with Gasteiger partial charge in [-0.25, -0.2) is 0 Å². The van der Waals surface area contributed by atoms with Crippen LogP contribution in [0.15, 0.2) is 34.7 Å². The van der Waals surface area contributed by atoms with Gasteiger partial charge in [-0.15, -0.1) is 0 Å². The Morgan fingerprint density at radius 2 is 1.94 bits per heavy atom. The van der Waals surface area contributed by atoms with Gasteiger partial charge in [0.2, 0.25) is 0 Å². The first kappa shape index (κ1) is 13.5. The quantitative estimate of drug-likeness (QED) is 0.876. The predicted molar refractivity (Wildman–Crippen MR) is 75.2 cm³/mol. The maximum Gasteiger partial charge on any atom is 0.120 e. The van der Waals surface area contributed by atoms with Crippen molar-refractivity contribution >= 4 is 23.2 Å². The number of nitrogens with one attached hydrogen (secondary N) is 1. The second kappa shape index (κ2) is 5.79. The lowest BCUT2D eigenvalue weighted by molar-refractivity contribution is 0.416. The van der Waals surface area contributed by atoms with Crippen LogP contribution in [0.5, 0.6) is 0 Å². The molecule has 2 aromatic rings. The van der Waals surface area contributed by atoms with Gasteiger partial charge in [-0.05, 0) is 43.7 Å². The molecular weight excluding hydrogens is 269 g/mol. The maximum atomic E-state index is 5.97. The topological polar surface area (TPSA) is 25.2 Å². The molecule has 18 heavy (non-hydrogen) atoms. The van der Waals surface area contributed by atoms with Crippen molar-refractivity contribution in [3.8, 4) is 0 Å². The van der Waals surface area contributed by atoms with E-state index in [1.807, 2.05) is 37.3 Å². The van der Waals surface area contributed by atoms with Gasteiger partial charge in [-0.1, -0.05) is 29.3 Å². The summed E-state index contributed by atoms with van der Waals surface area (Å²) in [7, 11) is 0. The first-order valence-electron chi connectivity index (χ1n) is 5.80. The molecule has 0 aliphatic rings. The fraction of sp³-hybridized carbons (Fsp3) is 0.286. The molecule has 0 radical (unpaired) electrons. The number of furan rings is 1. The average molecular weight is 284 g/mol. The summed E-state index contributed by atoms with van der Waals surface area (Å²) in [5, 5.41) is 4.54. The van der Waals surface area contributed by atoms with Crippen molar-refractivity contribution in [1.29, 1.82) is 0 Å². The van der Waals surface area contributed by atoms with Crippen LogP contribution in [0.3, 0.4) is 0 Å². The zero-order valence-electron chi connectivity index (χ0n) is 10.3. The minimum absolute atomic E-state index is 0.160. The Labute approximate surface area is 117 Å². The lowest BCUT2D eigenvalue weighted by Crippen LogP contribution is -2.17. The highest BCUT2D eigenvalue weighted by Gasteiger charge is 2.09.